The van der Waals surface area contributed by atoms with Gasteiger partial charge < -0.3 is 15.3 Å². The number of fused-ring (bicyclic) bond motifs is 3. The third-order valence-electron chi connectivity index (χ3n) is 11.7. The van der Waals surface area contributed by atoms with Gasteiger partial charge in [-0.15, -0.1) is 0 Å². The van der Waals surface area contributed by atoms with E-state index >= 15 is 0 Å². The molecule has 0 saturated heterocycles. The van der Waals surface area contributed by atoms with Gasteiger partial charge in [0.05, 0.1) is 10.8 Å². The lowest BCUT2D eigenvalue weighted by Crippen LogP contribution is -2.69. The molecule has 6 aromatic rings. The van der Waals surface area contributed by atoms with Gasteiger partial charge in [-0.1, -0.05) is 164 Å². The van der Waals surface area contributed by atoms with Crippen LogP contribution in [0.2, 0.25) is 0 Å². The van der Waals surface area contributed by atoms with Crippen LogP contribution in [0.1, 0.15) is 50.1 Å². The Morgan fingerprint density at radius 1 is 0.298 bits per heavy atom. The molecular formula is C44H36O3. The SMILES string of the molecule is OC1(Cc2ccccc2)c2ccccc2C23c4ccccc4[C@@](O)(Cc4ccccc4)C12[C@](O)(Cc1ccccc1)c1ccccc13. The number of rotatable bonds is 6. The maximum atomic E-state index is 14.2. The molecule has 47 heavy (non-hydrogen) atoms. The molecule has 0 aromatic heterocycles. The van der Waals surface area contributed by atoms with Crippen molar-refractivity contribution in [1.29, 1.82) is 0 Å². The Bertz CT molecular complexity index is 1880. The molecule has 3 atom stereocenters. The van der Waals surface area contributed by atoms with Crippen LogP contribution in [-0.2, 0) is 41.5 Å². The Kier molecular flexibility index (Phi) is 5.96. The second-order valence-corrected chi connectivity index (χ2v) is 13.7. The summed E-state index contributed by atoms with van der Waals surface area (Å²) >= 11 is 0. The highest BCUT2D eigenvalue weighted by Gasteiger charge is 2.90. The highest BCUT2D eigenvalue weighted by Crippen LogP contribution is 2.85. The average Bonchev–Trinajstić information content (AvgIpc) is 3.56. The van der Waals surface area contributed by atoms with E-state index in [1.54, 1.807) is 0 Å². The van der Waals surface area contributed by atoms with Crippen LogP contribution in [-0.4, -0.2) is 15.3 Å². The van der Waals surface area contributed by atoms with Crippen molar-refractivity contribution < 1.29 is 15.3 Å². The van der Waals surface area contributed by atoms with Crippen LogP contribution in [0.15, 0.2) is 164 Å². The largest absolute Gasteiger partial charge is 0.384 e. The summed E-state index contributed by atoms with van der Waals surface area (Å²) in [6.07, 6.45) is 0.633. The molecule has 0 aliphatic heterocycles. The van der Waals surface area contributed by atoms with E-state index in [2.05, 4.69) is 18.2 Å². The van der Waals surface area contributed by atoms with Crippen molar-refractivity contribution in [2.75, 3.05) is 0 Å². The topological polar surface area (TPSA) is 60.7 Å². The molecule has 6 aromatic carbocycles. The van der Waals surface area contributed by atoms with Crippen molar-refractivity contribution in [3.05, 3.63) is 214 Å². The minimum absolute atomic E-state index is 0.211. The molecule has 3 N–H and O–H groups in total. The minimum Gasteiger partial charge on any atom is -0.384 e. The Hall–Kier alpha value is -4.80. The first-order chi connectivity index (χ1) is 22.9. The van der Waals surface area contributed by atoms with Gasteiger partial charge in [-0.25, -0.2) is 0 Å². The molecule has 0 spiro atoms. The molecule has 3 aliphatic rings. The molecule has 3 aliphatic carbocycles. The first-order valence-electron chi connectivity index (χ1n) is 16.5. The Morgan fingerprint density at radius 2 is 0.532 bits per heavy atom. The van der Waals surface area contributed by atoms with Gasteiger partial charge in [0.25, 0.3) is 0 Å². The quantitative estimate of drug-likeness (QED) is 0.185. The minimum atomic E-state index is -1.71. The number of benzene rings is 6. The summed E-state index contributed by atoms with van der Waals surface area (Å²) in [4.78, 5) is 0. The van der Waals surface area contributed by atoms with Crippen LogP contribution >= 0.6 is 0 Å². The van der Waals surface area contributed by atoms with Crippen LogP contribution in [0.3, 0.4) is 0 Å². The zero-order chi connectivity index (χ0) is 31.9. The molecule has 0 fully saturated rings. The van der Waals surface area contributed by atoms with E-state index in [4.69, 9.17) is 0 Å². The van der Waals surface area contributed by atoms with Crippen molar-refractivity contribution in [3.63, 3.8) is 0 Å². The molecule has 1 unspecified atom stereocenters. The Morgan fingerprint density at radius 3 is 0.809 bits per heavy atom. The maximum absolute atomic E-state index is 14.2. The van der Waals surface area contributed by atoms with Crippen LogP contribution in [0.5, 0.6) is 0 Å². The van der Waals surface area contributed by atoms with E-state index in [-0.39, 0.29) is 19.3 Å². The molecule has 230 valence electrons. The van der Waals surface area contributed by atoms with Crippen molar-refractivity contribution in [3.8, 4) is 0 Å². The summed E-state index contributed by atoms with van der Waals surface area (Å²) in [6.45, 7) is 0. The summed E-state index contributed by atoms with van der Waals surface area (Å²) in [5, 5.41) is 42.5. The maximum Gasteiger partial charge on any atom is 0.107 e. The highest BCUT2D eigenvalue weighted by atomic mass is 16.3. The summed E-state index contributed by atoms with van der Waals surface area (Å²) in [5.41, 5.74) is 0.100. The lowest BCUT2D eigenvalue weighted by molar-refractivity contribution is -0.287. The van der Waals surface area contributed by atoms with Crippen LogP contribution in [0.4, 0.5) is 0 Å². The number of hydrogen-bond acceptors (Lipinski definition) is 3. The highest BCUT2D eigenvalue weighted by molar-refractivity contribution is 5.77. The second kappa shape index (κ2) is 9.85. The van der Waals surface area contributed by atoms with Gasteiger partial charge in [-0.2, -0.15) is 0 Å². The predicted molar refractivity (Wildman–Crippen MR) is 184 cm³/mol. The summed E-state index contributed by atoms with van der Waals surface area (Å²) in [6, 6.07) is 54.5. The van der Waals surface area contributed by atoms with Crippen LogP contribution in [0, 0.1) is 5.41 Å². The summed E-state index contributed by atoms with van der Waals surface area (Å²) in [7, 11) is 0. The van der Waals surface area contributed by atoms with Crippen molar-refractivity contribution >= 4 is 0 Å². The first-order valence-corrected chi connectivity index (χ1v) is 16.5. The van der Waals surface area contributed by atoms with Gasteiger partial charge in [0, 0.05) is 19.3 Å². The number of aliphatic hydroxyl groups is 3. The molecule has 0 radical (unpaired) electrons. The Balaban J connectivity index is 1.50. The Labute approximate surface area is 275 Å². The second-order valence-electron chi connectivity index (χ2n) is 13.7. The van der Waals surface area contributed by atoms with E-state index < -0.39 is 27.6 Å². The van der Waals surface area contributed by atoms with Gasteiger partial charge in [0.1, 0.15) is 16.8 Å². The molecule has 0 bridgehead atoms. The van der Waals surface area contributed by atoms with Gasteiger partial charge in [0.15, 0.2) is 0 Å². The van der Waals surface area contributed by atoms with Crippen molar-refractivity contribution in [2.45, 2.75) is 41.5 Å². The summed E-state index contributed by atoms with van der Waals surface area (Å²) in [5.74, 6) is 0. The molecule has 3 nitrogen and oxygen atoms in total. The van der Waals surface area contributed by atoms with Crippen molar-refractivity contribution in [1.82, 2.24) is 0 Å². The zero-order valence-electron chi connectivity index (χ0n) is 26.1. The molecular weight excluding hydrogens is 576 g/mol. The average molecular weight is 613 g/mol. The van der Waals surface area contributed by atoms with Gasteiger partial charge >= 0.3 is 0 Å². The fraction of sp³-hybridized carbons (Fsp3) is 0.182. The monoisotopic (exact) mass is 612 g/mol. The fourth-order valence-electron chi connectivity index (χ4n) is 10.5. The smallest absolute Gasteiger partial charge is 0.107 e. The third kappa shape index (κ3) is 3.27. The van der Waals surface area contributed by atoms with E-state index in [0.717, 1.165) is 50.1 Å². The lowest BCUT2D eigenvalue weighted by atomic mass is 9.47. The molecule has 0 heterocycles. The van der Waals surface area contributed by atoms with E-state index in [1.807, 2.05) is 146 Å². The third-order valence-corrected chi connectivity index (χ3v) is 11.7. The van der Waals surface area contributed by atoms with Gasteiger partial charge in [-0.3, -0.25) is 0 Å². The van der Waals surface area contributed by atoms with E-state index in [0.29, 0.717) is 0 Å². The van der Waals surface area contributed by atoms with Gasteiger partial charge in [0.2, 0.25) is 0 Å². The normalized spacial score (nSPS) is 29.4. The lowest BCUT2D eigenvalue weighted by Gasteiger charge is -2.59. The molecule has 9 rings (SSSR count). The van der Waals surface area contributed by atoms with Crippen molar-refractivity contribution in [2.24, 2.45) is 5.41 Å². The first kappa shape index (κ1) is 28.4. The van der Waals surface area contributed by atoms with Gasteiger partial charge in [-0.05, 0) is 50.1 Å². The summed E-state index contributed by atoms with van der Waals surface area (Å²) < 4.78 is 0. The molecule has 3 heteroatoms. The molecule has 0 saturated carbocycles. The fourth-order valence-corrected chi connectivity index (χ4v) is 10.5. The zero-order valence-corrected chi connectivity index (χ0v) is 26.1. The van der Waals surface area contributed by atoms with E-state index in [9.17, 15) is 15.3 Å². The van der Waals surface area contributed by atoms with Crippen LogP contribution < -0.4 is 0 Å². The van der Waals surface area contributed by atoms with E-state index in [1.165, 1.54) is 0 Å². The number of hydrogen-bond donors (Lipinski definition) is 3. The molecule has 0 amide bonds. The predicted octanol–water partition coefficient (Wildman–Crippen LogP) is 7.34. The standard InChI is InChI=1S/C44H36O3/c45-40(28-31-16-4-1-5-17-31)34-22-10-13-25-37(34)43-38-26-14-11-23-35(38)41(46,29-32-18-6-2-7-19-32)44(40,43)42(47,30-33-20-8-3-9-21-33)36-24-12-15-27-39(36)43/h1-27,45-47H,28-30H2/t40-,41-,42?,43?,44?/m0/s1. The van der Waals surface area contributed by atoms with Crippen LogP contribution in [0.25, 0.3) is 0 Å².